The van der Waals surface area contributed by atoms with Crippen LogP contribution >= 0.6 is 0 Å². The second kappa shape index (κ2) is 5.22. The Hall–Kier alpha value is -1.76. The van der Waals surface area contributed by atoms with E-state index in [1.54, 1.807) is 4.90 Å². The average Bonchev–Trinajstić information content (AvgIpc) is 2.35. The summed E-state index contributed by atoms with van der Waals surface area (Å²) in [5.74, 6) is -1.59. The van der Waals surface area contributed by atoms with E-state index in [2.05, 4.69) is 0 Å². The number of aromatic carboxylic acids is 1. The molecule has 1 aromatic rings. The van der Waals surface area contributed by atoms with Gasteiger partial charge in [0.25, 0.3) is 0 Å². The fourth-order valence-corrected chi connectivity index (χ4v) is 2.39. The monoisotopic (exact) mass is 303 g/mol. The summed E-state index contributed by atoms with van der Waals surface area (Å²) in [7, 11) is 0. The molecule has 1 aliphatic rings. The number of nitrogens with zero attached hydrogens (tertiary/aromatic N) is 1. The Balaban J connectivity index is 2.40. The first-order chi connectivity index (χ1) is 9.60. The van der Waals surface area contributed by atoms with Crippen LogP contribution in [0.5, 0.6) is 0 Å². The first kappa shape index (κ1) is 15.6. The highest BCUT2D eigenvalue weighted by atomic mass is 19.4. The number of halogens is 3. The summed E-state index contributed by atoms with van der Waals surface area (Å²) in [4.78, 5) is 12.7. The first-order valence-corrected chi connectivity index (χ1v) is 6.44. The van der Waals surface area contributed by atoms with Gasteiger partial charge in [-0.1, -0.05) is 0 Å². The molecule has 0 amide bonds. The molecular formula is C14H16F3NO3. The van der Waals surface area contributed by atoms with Crippen molar-refractivity contribution in [1.29, 1.82) is 0 Å². The molecule has 1 aromatic carbocycles. The van der Waals surface area contributed by atoms with Crippen LogP contribution in [0, 0.1) is 0 Å². The number of carboxylic acid groups (broad SMARTS) is 1. The van der Waals surface area contributed by atoms with Crippen LogP contribution in [0.4, 0.5) is 18.9 Å². The molecule has 0 radical (unpaired) electrons. The lowest BCUT2D eigenvalue weighted by molar-refractivity contribution is -0.138. The predicted octanol–water partition coefficient (Wildman–Crippen LogP) is 3.02. The summed E-state index contributed by atoms with van der Waals surface area (Å²) < 4.78 is 44.5. The van der Waals surface area contributed by atoms with Gasteiger partial charge in [0.1, 0.15) is 0 Å². The Kier molecular flexibility index (Phi) is 3.88. The van der Waals surface area contributed by atoms with Crippen LogP contribution in [0.3, 0.4) is 0 Å². The molecule has 1 saturated heterocycles. The van der Waals surface area contributed by atoms with Gasteiger partial charge >= 0.3 is 12.1 Å². The minimum absolute atomic E-state index is 0.351. The van der Waals surface area contributed by atoms with Gasteiger partial charge in [0, 0.05) is 18.8 Å². The van der Waals surface area contributed by atoms with Crippen molar-refractivity contribution in [2.45, 2.75) is 25.6 Å². The van der Waals surface area contributed by atoms with Crippen molar-refractivity contribution in [2.24, 2.45) is 0 Å². The zero-order chi connectivity index (χ0) is 15.8. The molecule has 7 heteroatoms. The molecule has 21 heavy (non-hydrogen) atoms. The summed E-state index contributed by atoms with van der Waals surface area (Å²) in [6.45, 7) is 5.03. The molecule has 0 atom stereocenters. The minimum atomic E-state index is -4.70. The third-order valence-electron chi connectivity index (χ3n) is 3.33. The molecule has 4 nitrogen and oxygen atoms in total. The number of carbonyl (C=O) groups is 1. The first-order valence-electron chi connectivity index (χ1n) is 6.44. The Labute approximate surface area is 120 Å². The van der Waals surface area contributed by atoms with Gasteiger partial charge in [-0.05, 0) is 32.0 Å². The molecule has 1 N–H and O–H groups in total. The summed E-state index contributed by atoms with van der Waals surface area (Å²) in [5, 5.41) is 8.88. The van der Waals surface area contributed by atoms with E-state index in [4.69, 9.17) is 9.84 Å². The molecule has 0 unspecified atom stereocenters. The van der Waals surface area contributed by atoms with Crippen molar-refractivity contribution in [2.75, 3.05) is 24.6 Å². The maximum atomic E-state index is 13.0. The second-order valence-corrected chi connectivity index (χ2v) is 5.56. The van der Waals surface area contributed by atoms with Crippen LogP contribution in [0.1, 0.15) is 29.8 Å². The number of morpholine rings is 1. The maximum absolute atomic E-state index is 13.0. The molecule has 0 aromatic heterocycles. The van der Waals surface area contributed by atoms with Crippen LogP contribution in [0.25, 0.3) is 0 Å². The van der Waals surface area contributed by atoms with Crippen LogP contribution in [0.15, 0.2) is 18.2 Å². The quantitative estimate of drug-likeness (QED) is 0.912. The maximum Gasteiger partial charge on any atom is 0.417 e. The largest absolute Gasteiger partial charge is 0.478 e. The third kappa shape index (κ3) is 3.47. The van der Waals surface area contributed by atoms with Gasteiger partial charge in [-0.3, -0.25) is 0 Å². The van der Waals surface area contributed by atoms with E-state index >= 15 is 0 Å². The van der Waals surface area contributed by atoms with Gasteiger partial charge in [-0.15, -0.1) is 0 Å². The lowest BCUT2D eigenvalue weighted by Gasteiger charge is -2.39. The standard InChI is InChI=1S/C14H16F3NO3/c1-13(2)8-18(5-6-21-13)9-3-4-10(12(19)20)11(7-9)14(15,16)17/h3-4,7H,5-6,8H2,1-2H3,(H,19,20). The van der Waals surface area contributed by atoms with E-state index in [-0.39, 0.29) is 0 Å². The van der Waals surface area contributed by atoms with Crippen molar-refractivity contribution in [3.63, 3.8) is 0 Å². The molecule has 2 rings (SSSR count). The smallest absolute Gasteiger partial charge is 0.417 e. The molecule has 116 valence electrons. The van der Waals surface area contributed by atoms with Gasteiger partial charge in [0.15, 0.2) is 0 Å². The summed E-state index contributed by atoms with van der Waals surface area (Å²) >= 11 is 0. The molecule has 0 saturated carbocycles. The highest BCUT2D eigenvalue weighted by Gasteiger charge is 2.36. The zero-order valence-electron chi connectivity index (χ0n) is 11.7. The number of rotatable bonds is 2. The highest BCUT2D eigenvalue weighted by Crippen LogP contribution is 2.35. The van der Waals surface area contributed by atoms with Crippen molar-refractivity contribution < 1.29 is 27.8 Å². The lowest BCUT2D eigenvalue weighted by Crippen LogP contribution is -2.48. The van der Waals surface area contributed by atoms with Gasteiger partial charge in [-0.2, -0.15) is 13.2 Å². The molecule has 1 heterocycles. The van der Waals surface area contributed by atoms with Crippen molar-refractivity contribution >= 4 is 11.7 Å². The van der Waals surface area contributed by atoms with E-state index in [0.717, 1.165) is 12.1 Å². The zero-order valence-corrected chi connectivity index (χ0v) is 11.7. The molecule has 1 fully saturated rings. The normalized spacial score (nSPS) is 18.6. The summed E-state index contributed by atoms with van der Waals surface area (Å²) in [5.41, 5.74) is -1.97. The molecule has 0 aliphatic carbocycles. The van der Waals surface area contributed by atoms with E-state index in [9.17, 15) is 18.0 Å². The Morgan fingerprint density at radius 3 is 2.57 bits per heavy atom. The van der Waals surface area contributed by atoms with Crippen LogP contribution in [-0.2, 0) is 10.9 Å². The van der Waals surface area contributed by atoms with Crippen LogP contribution in [-0.4, -0.2) is 36.4 Å². The van der Waals surface area contributed by atoms with E-state index in [1.807, 2.05) is 13.8 Å². The fourth-order valence-electron chi connectivity index (χ4n) is 2.39. The molecular weight excluding hydrogens is 287 g/mol. The van der Waals surface area contributed by atoms with Crippen molar-refractivity contribution in [1.82, 2.24) is 0 Å². The number of anilines is 1. The second-order valence-electron chi connectivity index (χ2n) is 5.56. The fraction of sp³-hybridized carbons (Fsp3) is 0.500. The van der Waals surface area contributed by atoms with Gasteiger partial charge < -0.3 is 14.7 Å². The number of hydrogen-bond donors (Lipinski definition) is 1. The average molecular weight is 303 g/mol. The van der Waals surface area contributed by atoms with E-state index in [1.165, 1.54) is 6.07 Å². The predicted molar refractivity (Wildman–Crippen MR) is 70.6 cm³/mol. The van der Waals surface area contributed by atoms with Gasteiger partial charge in [0.2, 0.25) is 0 Å². The summed E-state index contributed by atoms with van der Waals surface area (Å²) in [6, 6.07) is 3.30. The third-order valence-corrected chi connectivity index (χ3v) is 3.33. The Bertz CT molecular complexity index is 555. The number of ether oxygens (including phenoxy) is 1. The lowest BCUT2D eigenvalue weighted by atomic mass is 10.0. The van der Waals surface area contributed by atoms with E-state index in [0.29, 0.717) is 25.4 Å². The van der Waals surface area contributed by atoms with Crippen LogP contribution in [0.2, 0.25) is 0 Å². The Morgan fingerprint density at radius 2 is 2.05 bits per heavy atom. The molecule has 1 aliphatic heterocycles. The minimum Gasteiger partial charge on any atom is -0.478 e. The van der Waals surface area contributed by atoms with Crippen LogP contribution < -0.4 is 4.90 Å². The SMILES string of the molecule is CC1(C)CN(c2ccc(C(=O)O)c(C(F)(F)F)c2)CCO1. The van der Waals surface area contributed by atoms with Gasteiger partial charge in [0.05, 0.1) is 23.3 Å². The van der Waals surface area contributed by atoms with Crippen molar-refractivity contribution in [3.05, 3.63) is 29.3 Å². The number of carboxylic acids is 1. The van der Waals surface area contributed by atoms with Crippen molar-refractivity contribution in [3.8, 4) is 0 Å². The van der Waals surface area contributed by atoms with E-state index < -0.39 is 28.9 Å². The topological polar surface area (TPSA) is 49.8 Å². The summed E-state index contributed by atoms with van der Waals surface area (Å²) in [6.07, 6.45) is -4.70. The molecule has 0 spiro atoms. The molecule has 0 bridgehead atoms. The number of hydrogen-bond acceptors (Lipinski definition) is 3. The Morgan fingerprint density at radius 1 is 1.38 bits per heavy atom. The number of benzene rings is 1. The highest BCUT2D eigenvalue weighted by molar-refractivity contribution is 5.90. The van der Waals surface area contributed by atoms with Gasteiger partial charge in [-0.25, -0.2) is 4.79 Å². The number of alkyl halides is 3.